The van der Waals surface area contributed by atoms with Gasteiger partial charge < -0.3 is 26.4 Å². The molecular formula is C32H29BrN4O5S. The average molecular weight is 662 g/mol. The third kappa shape index (κ3) is 9.19. The van der Waals surface area contributed by atoms with E-state index in [-0.39, 0.29) is 18.1 Å². The van der Waals surface area contributed by atoms with Crippen molar-refractivity contribution in [3.63, 3.8) is 0 Å². The van der Waals surface area contributed by atoms with E-state index in [2.05, 4.69) is 44.5 Å². The highest BCUT2D eigenvalue weighted by Crippen LogP contribution is 2.21. The van der Waals surface area contributed by atoms with Crippen LogP contribution in [-0.4, -0.2) is 41.5 Å². The van der Waals surface area contributed by atoms with E-state index in [1.54, 1.807) is 72.8 Å². The molecular weight excluding hydrogens is 632 g/mol. The summed E-state index contributed by atoms with van der Waals surface area (Å²) in [4.78, 5) is 50.6. The number of amides is 4. The molecule has 5 N–H and O–H groups in total. The van der Waals surface area contributed by atoms with E-state index >= 15 is 0 Å². The number of para-hydroxylation sites is 1. The molecule has 0 fully saturated rings. The number of hydrogen-bond donors (Lipinski definition) is 5. The van der Waals surface area contributed by atoms with Crippen LogP contribution >= 0.6 is 28.6 Å². The van der Waals surface area contributed by atoms with Crippen LogP contribution in [0.3, 0.4) is 0 Å². The van der Waals surface area contributed by atoms with Crippen molar-refractivity contribution in [3.05, 3.63) is 124 Å². The molecule has 9 nitrogen and oxygen atoms in total. The summed E-state index contributed by atoms with van der Waals surface area (Å²) < 4.78 is 6.64. The number of carbonyl (C=O) groups is 4. The third-order valence-corrected chi connectivity index (χ3v) is 7.21. The highest BCUT2D eigenvalue weighted by Gasteiger charge is 2.26. The van der Waals surface area contributed by atoms with E-state index < -0.39 is 29.8 Å². The monoisotopic (exact) mass is 660 g/mol. The Morgan fingerprint density at radius 3 is 1.91 bits per heavy atom. The SMILES string of the molecule is NC(=O)[C@@H](CS)NC(=O)[C@H](Cc1ccc(NC(=O)c2ccc(Br)cc2)cc1)NC(=O)c1ccc(Oc2ccccc2)cc1. The van der Waals surface area contributed by atoms with Crippen LogP contribution < -0.4 is 26.4 Å². The molecule has 0 aliphatic heterocycles. The largest absolute Gasteiger partial charge is 0.457 e. The van der Waals surface area contributed by atoms with Crippen LogP contribution in [-0.2, 0) is 16.0 Å². The predicted molar refractivity (Wildman–Crippen MR) is 171 cm³/mol. The van der Waals surface area contributed by atoms with Crippen LogP contribution in [0, 0.1) is 0 Å². The smallest absolute Gasteiger partial charge is 0.255 e. The van der Waals surface area contributed by atoms with Crippen molar-refractivity contribution >= 4 is 57.9 Å². The van der Waals surface area contributed by atoms with Crippen LogP contribution in [0.15, 0.2) is 108 Å². The highest BCUT2D eigenvalue weighted by atomic mass is 79.9. The number of hydrogen-bond acceptors (Lipinski definition) is 6. The molecule has 4 rings (SSSR count). The number of nitrogens with two attached hydrogens (primary N) is 1. The van der Waals surface area contributed by atoms with Gasteiger partial charge in [-0.2, -0.15) is 12.6 Å². The van der Waals surface area contributed by atoms with Gasteiger partial charge in [-0.05, 0) is 78.4 Å². The normalized spacial score (nSPS) is 12.0. The quantitative estimate of drug-likeness (QED) is 0.140. The van der Waals surface area contributed by atoms with Crippen LogP contribution in [0.2, 0.25) is 0 Å². The first-order chi connectivity index (χ1) is 20.7. The number of ether oxygens (including phenoxy) is 1. The standard InChI is InChI=1S/C32H29BrN4O5S/c33-23-12-8-21(9-13-23)30(39)35-24-14-6-20(7-15-24)18-27(32(41)37-28(19-43)29(34)38)36-31(40)22-10-16-26(17-11-22)42-25-4-2-1-3-5-25/h1-17,27-28,43H,18-19H2,(H2,34,38)(H,35,39)(H,36,40)(H,37,41)/t27-,28+/m0/s1. The minimum Gasteiger partial charge on any atom is -0.457 e. The van der Waals surface area contributed by atoms with Crippen molar-refractivity contribution in [1.82, 2.24) is 10.6 Å². The molecule has 4 aromatic carbocycles. The summed E-state index contributed by atoms with van der Waals surface area (Å²) in [6.07, 6.45) is 0.103. The zero-order chi connectivity index (χ0) is 30.8. The van der Waals surface area contributed by atoms with Gasteiger partial charge >= 0.3 is 0 Å². The summed E-state index contributed by atoms with van der Waals surface area (Å²) in [6.45, 7) is 0. The first kappa shape index (κ1) is 31.3. The van der Waals surface area contributed by atoms with Gasteiger partial charge in [-0.25, -0.2) is 0 Å². The lowest BCUT2D eigenvalue weighted by atomic mass is 10.0. The van der Waals surface area contributed by atoms with E-state index in [9.17, 15) is 19.2 Å². The molecule has 4 amide bonds. The van der Waals surface area contributed by atoms with Crippen molar-refractivity contribution in [3.8, 4) is 11.5 Å². The minimum absolute atomic E-state index is 0.00260. The average Bonchev–Trinajstić information content (AvgIpc) is 3.01. The Balaban J connectivity index is 1.45. The van der Waals surface area contributed by atoms with Crippen molar-refractivity contribution in [2.75, 3.05) is 11.1 Å². The van der Waals surface area contributed by atoms with Gasteiger partial charge in [-0.3, -0.25) is 19.2 Å². The van der Waals surface area contributed by atoms with Gasteiger partial charge in [0.15, 0.2) is 0 Å². The Labute approximate surface area is 262 Å². The molecule has 4 aromatic rings. The molecule has 2 atom stereocenters. The first-order valence-electron chi connectivity index (χ1n) is 13.2. The lowest BCUT2D eigenvalue weighted by molar-refractivity contribution is -0.128. The van der Waals surface area contributed by atoms with E-state index in [4.69, 9.17) is 10.5 Å². The zero-order valence-corrected chi connectivity index (χ0v) is 25.3. The molecule has 0 heterocycles. The second-order valence-corrected chi connectivity index (χ2v) is 10.8. The molecule has 43 heavy (non-hydrogen) atoms. The molecule has 0 aliphatic rings. The fraction of sp³-hybridized carbons (Fsp3) is 0.125. The van der Waals surface area contributed by atoms with Gasteiger partial charge in [0.05, 0.1) is 0 Å². The number of carbonyl (C=O) groups excluding carboxylic acids is 4. The fourth-order valence-electron chi connectivity index (χ4n) is 3.99. The van der Waals surface area contributed by atoms with E-state index in [0.29, 0.717) is 33.9 Å². The number of anilines is 1. The molecule has 0 saturated heterocycles. The van der Waals surface area contributed by atoms with Gasteiger partial charge in [0.1, 0.15) is 23.6 Å². The Kier molecular flexibility index (Phi) is 11.0. The summed E-state index contributed by atoms with van der Waals surface area (Å²) in [7, 11) is 0. The first-order valence-corrected chi connectivity index (χ1v) is 14.6. The van der Waals surface area contributed by atoms with E-state index in [1.165, 1.54) is 0 Å². The summed E-state index contributed by atoms with van der Waals surface area (Å²) in [6, 6.07) is 27.5. The lowest BCUT2D eigenvalue weighted by Crippen LogP contribution is -2.54. The van der Waals surface area contributed by atoms with Crippen molar-refractivity contribution in [1.29, 1.82) is 0 Å². The lowest BCUT2D eigenvalue weighted by Gasteiger charge is -2.21. The Bertz CT molecular complexity index is 1570. The summed E-state index contributed by atoms with van der Waals surface area (Å²) in [5.74, 6) is -0.903. The Morgan fingerprint density at radius 1 is 0.721 bits per heavy atom. The molecule has 0 spiro atoms. The summed E-state index contributed by atoms with van der Waals surface area (Å²) in [5, 5.41) is 8.13. The van der Waals surface area contributed by atoms with Crippen molar-refractivity contribution < 1.29 is 23.9 Å². The predicted octanol–water partition coefficient (Wildman–Crippen LogP) is 4.73. The molecule has 0 saturated carbocycles. The number of primary amides is 1. The van der Waals surface area contributed by atoms with Crippen LogP contribution in [0.25, 0.3) is 0 Å². The van der Waals surface area contributed by atoms with Gasteiger partial charge in [-0.1, -0.05) is 46.3 Å². The molecule has 220 valence electrons. The summed E-state index contributed by atoms with van der Waals surface area (Å²) in [5.41, 5.74) is 7.45. The number of nitrogens with one attached hydrogen (secondary N) is 3. The maximum Gasteiger partial charge on any atom is 0.255 e. The maximum absolute atomic E-state index is 13.2. The molecule has 0 radical (unpaired) electrons. The van der Waals surface area contributed by atoms with Gasteiger partial charge in [0, 0.05) is 33.5 Å². The van der Waals surface area contributed by atoms with Gasteiger partial charge in [0.25, 0.3) is 11.8 Å². The topological polar surface area (TPSA) is 140 Å². The van der Waals surface area contributed by atoms with E-state index in [1.807, 2.05) is 30.3 Å². The van der Waals surface area contributed by atoms with E-state index in [0.717, 1.165) is 4.47 Å². The van der Waals surface area contributed by atoms with Crippen LogP contribution in [0.1, 0.15) is 26.3 Å². The molecule has 0 unspecified atom stereocenters. The summed E-state index contributed by atoms with van der Waals surface area (Å²) >= 11 is 7.43. The van der Waals surface area contributed by atoms with Gasteiger partial charge in [-0.15, -0.1) is 0 Å². The molecule has 0 bridgehead atoms. The number of halogens is 1. The Morgan fingerprint density at radius 2 is 1.30 bits per heavy atom. The third-order valence-electron chi connectivity index (χ3n) is 6.32. The maximum atomic E-state index is 13.2. The number of rotatable bonds is 12. The van der Waals surface area contributed by atoms with Crippen LogP contribution in [0.4, 0.5) is 5.69 Å². The highest BCUT2D eigenvalue weighted by molar-refractivity contribution is 9.10. The van der Waals surface area contributed by atoms with Crippen molar-refractivity contribution in [2.24, 2.45) is 5.73 Å². The second-order valence-electron chi connectivity index (χ2n) is 9.47. The zero-order valence-electron chi connectivity index (χ0n) is 22.8. The van der Waals surface area contributed by atoms with Gasteiger partial charge in [0.2, 0.25) is 11.8 Å². The number of thiol groups is 1. The molecule has 11 heteroatoms. The fourth-order valence-corrected chi connectivity index (χ4v) is 4.53. The minimum atomic E-state index is -1.04. The molecule has 0 aromatic heterocycles. The van der Waals surface area contributed by atoms with Crippen molar-refractivity contribution in [2.45, 2.75) is 18.5 Å². The Hall–Kier alpha value is -4.61. The van der Waals surface area contributed by atoms with Crippen LogP contribution in [0.5, 0.6) is 11.5 Å². The number of benzene rings is 4. The second kappa shape index (κ2) is 15.0. The molecule has 0 aliphatic carbocycles.